The number of sulfonamides is 1. The lowest BCUT2D eigenvalue weighted by molar-refractivity contribution is 0.0955. The van der Waals surface area contributed by atoms with Crippen LogP contribution in [-0.2, 0) is 10.0 Å². The van der Waals surface area contributed by atoms with E-state index in [0.717, 1.165) is 6.07 Å². The maximum absolute atomic E-state index is 13.0. The molecule has 0 atom stereocenters. The van der Waals surface area contributed by atoms with E-state index in [9.17, 15) is 17.6 Å². The first-order valence-corrected chi connectivity index (χ1v) is 6.62. The molecule has 0 aliphatic carbocycles. The normalized spacial score (nSPS) is 11.2. The molecule has 0 unspecified atom stereocenters. The van der Waals surface area contributed by atoms with Gasteiger partial charge in [-0.05, 0) is 18.2 Å². The Bertz CT molecular complexity index is 533. The van der Waals surface area contributed by atoms with Crippen molar-refractivity contribution >= 4 is 27.5 Å². The van der Waals surface area contributed by atoms with Crippen LogP contribution < -0.4 is 10.5 Å². The third-order valence-corrected chi connectivity index (χ3v) is 2.93. The summed E-state index contributed by atoms with van der Waals surface area (Å²) in [5.41, 5.74) is 0.0568. The van der Waals surface area contributed by atoms with Crippen molar-refractivity contribution in [1.82, 2.24) is 5.32 Å². The quantitative estimate of drug-likeness (QED) is 0.841. The van der Waals surface area contributed by atoms with E-state index in [1.807, 2.05) is 0 Å². The molecule has 0 saturated heterocycles. The molecule has 1 amide bonds. The number of carbonyl (C=O) groups excluding carboxylic acids is 1. The zero-order chi connectivity index (χ0) is 13.1. The van der Waals surface area contributed by atoms with Crippen LogP contribution >= 0.6 is 11.6 Å². The first-order chi connectivity index (χ1) is 7.79. The van der Waals surface area contributed by atoms with Gasteiger partial charge in [0.2, 0.25) is 10.0 Å². The second-order valence-corrected chi connectivity index (χ2v) is 5.39. The molecule has 3 N–H and O–H groups in total. The van der Waals surface area contributed by atoms with E-state index in [1.165, 1.54) is 12.1 Å². The highest BCUT2D eigenvalue weighted by atomic mass is 35.5. The molecule has 5 nitrogen and oxygen atoms in total. The van der Waals surface area contributed by atoms with Gasteiger partial charge in [0, 0.05) is 12.1 Å². The lowest BCUT2D eigenvalue weighted by atomic mass is 10.2. The van der Waals surface area contributed by atoms with Crippen molar-refractivity contribution in [2.75, 3.05) is 12.3 Å². The number of halogens is 2. The second kappa shape index (κ2) is 5.44. The second-order valence-electron chi connectivity index (χ2n) is 3.25. The molecule has 0 spiro atoms. The van der Waals surface area contributed by atoms with Crippen molar-refractivity contribution < 1.29 is 17.6 Å². The number of nitrogens with one attached hydrogen (secondary N) is 1. The number of nitrogens with two attached hydrogens (primary N) is 1. The highest BCUT2D eigenvalue weighted by Crippen LogP contribution is 2.15. The summed E-state index contributed by atoms with van der Waals surface area (Å²) in [4.78, 5) is 11.4. The molecule has 0 heterocycles. The number of hydrogen-bond donors (Lipinski definition) is 2. The van der Waals surface area contributed by atoms with E-state index in [2.05, 4.69) is 5.32 Å². The average molecular weight is 281 g/mol. The highest BCUT2D eigenvalue weighted by Gasteiger charge is 2.09. The number of carbonyl (C=O) groups is 1. The molecule has 0 fully saturated rings. The minimum Gasteiger partial charge on any atom is -0.351 e. The Morgan fingerprint density at radius 2 is 2.12 bits per heavy atom. The van der Waals surface area contributed by atoms with Crippen molar-refractivity contribution in [3.63, 3.8) is 0 Å². The molecular weight excluding hydrogens is 271 g/mol. The molecule has 1 aromatic rings. The molecule has 1 rings (SSSR count). The van der Waals surface area contributed by atoms with Crippen LogP contribution in [0, 0.1) is 5.82 Å². The maximum atomic E-state index is 13.0. The van der Waals surface area contributed by atoms with Crippen LogP contribution in [0.5, 0.6) is 0 Å². The lowest BCUT2D eigenvalue weighted by Crippen LogP contribution is -2.31. The van der Waals surface area contributed by atoms with Crippen LogP contribution in [0.4, 0.5) is 4.39 Å². The predicted molar refractivity (Wildman–Crippen MR) is 61.7 cm³/mol. The van der Waals surface area contributed by atoms with E-state index in [1.54, 1.807) is 0 Å². The van der Waals surface area contributed by atoms with Crippen molar-refractivity contribution in [2.45, 2.75) is 0 Å². The predicted octanol–water partition coefficient (Wildman–Crippen LogP) is 0.497. The first-order valence-electron chi connectivity index (χ1n) is 4.53. The number of amides is 1. The van der Waals surface area contributed by atoms with Crippen LogP contribution in [0.2, 0.25) is 5.02 Å². The first kappa shape index (κ1) is 13.9. The molecule has 0 aliphatic heterocycles. The summed E-state index contributed by atoms with van der Waals surface area (Å²) in [7, 11) is -3.63. The molecule has 0 radical (unpaired) electrons. The molecule has 8 heteroatoms. The molecule has 94 valence electrons. The number of primary sulfonamides is 1. The summed E-state index contributed by atoms with van der Waals surface area (Å²) >= 11 is 5.45. The van der Waals surface area contributed by atoms with Crippen molar-refractivity contribution in [3.05, 3.63) is 34.6 Å². The average Bonchev–Trinajstić information content (AvgIpc) is 2.20. The minimum atomic E-state index is -3.63. The standard InChI is InChI=1S/C9H10ClFN2O3S/c10-7-2-1-6(5-8(7)11)9(14)13-3-4-17(12,15)16/h1-2,5H,3-4H2,(H,13,14)(H2,12,15,16). The van der Waals surface area contributed by atoms with Gasteiger partial charge in [-0.25, -0.2) is 17.9 Å². The van der Waals surface area contributed by atoms with Crippen LogP contribution in [0.25, 0.3) is 0 Å². The molecule has 0 aliphatic rings. The fourth-order valence-corrected chi connectivity index (χ4v) is 1.55. The SMILES string of the molecule is NS(=O)(=O)CCNC(=O)c1ccc(Cl)c(F)c1. The Balaban J connectivity index is 2.61. The fraction of sp³-hybridized carbons (Fsp3) is 0.222. The van der Waals surface area contributed by atoms with Gasteiger partial charge in [-0.1, -0.05) is 11.6 Å². The van der Waals surface area contributed by atoms with Crippen molar-refractivity contribution in [2.24, 2.45) is 5.14 Å². The van der Waals surface area contributed by atoms with E-state index < -0.39 is 21.7 Å². The van der Waals surface area contributed by atoms with Gasteiger partial charge >= 0.3 is 0 Å². The van der Waals surface area contributed by atoms with E-state index in [0.29, 0.717) is 0 Å². The zero-order valence-corrected chi connectivity index (χ0v) is 10.2. The molecule has 17 heavy (non-hydrogen) atoms. The third kappa shape index (κ3) is 4.68. The fourth-order valence-electron chi connectivity index (χ4n) is 1.05. The van der Waals surface area contributed by atoms with Crippen LogP contribution in [0.3, 0.4) is 0 Å². The van der Waals surface area contributed by atoms with Crippen LogP contribution in [0.15, 0.2) is 18.2 Å². The monoisotopic (exact) mass is 280 g/mol. The van der Waals surface area contributed by atoms with Gasteiger partial charge in [-0.2, -0.15) is 0 Å². The summed E-state index contributed by atoms with van der Waals surface area (Å²) in [5.74, 6) is -1.69. The Morgan fingerprint density at radius 3 is 2.65 bits per heavy atom. The Kier molecular flexibility index (Phi) is 4.44. The van der Waals surface area contributed by atoms with E-state index in [-0.39, 0.29) is 22.9 Å². The van der Waals surface area contributed by atoms with Gasteiger partial charge in [0.1, 0.15) is 5.82 Å². The Labute approximate surface area is 103 Å². The topological polar surface area (TPSA) is 89.3 Å². The Hall–Kier alpha value is -1.18. The van der Waals surface area contributed by atoms with E-state index >= 15 is 0 Å². The lowest BCUT2D eigenvalue weighted by Gasteiger charge is -2.04. The van der Waals surface area contributed by atoms with Crippen LogP contribution in [0.1, 0.15) is 10.4 Å². The zero-order valence-electron chi connectivity index (χ0n) is 8.61. The molecular formula is C9H10ClFN2O3S. The van der Waals surface area contributed by atoms with Crippen molar-refractivity contribution in [1.29, 1.82) is 0 Å². The number of benzene rings is 1. The van der Waals surface area contributed by atoms with Gasteiger partial charge < -0.3 is 5.32 Å². The summed E-state index contributed by atoms with van der Waals surface area (Å²) < 4.78 is 34.2. The van der Waals surface area contributed by atoms with Gasteiger partial charge in [0.05, 0.1) is 10.8 Å². The Morgan fingerprint density at radius 1 is 1.47 bits per heavy atom. The van der Waals surface area contributed by atoms with Gasteiger partial charge in [-0.3, -0.25) is 4.79 Å². The number of hydrogen-bond acceptors (Lipinski definition) is 3. The van der Waals surface area contributed by atoms with E-state index in [4.69, 9.17) is 16.7 Å². The van der Waals surface area contributed by atoms with Crippen molar-refractivity contribution in [3.8, 4) is 0 Å². The summed E-state index contributed by atoms with van der Waals surface area (Å²) in [5, 5.41) is 6.95. The molecule has 0 bridgehead atoms. The summed E-state index contributed by atoms with van der Waals surface area (Å²) in [6.07, 6.45) is 0. The smallest absolute Gasteiger partial charge is 0.251 e. The summed E-state index contributed by atoms with van der Waals surface area (Å²) in [6.45, 7) is -0.137. The number of rotatable bonds is 4. The molecule has 1 aromatic carbocycles. The van der Waals surface area contributed by atoms with Gasteiger partial charge in [0.25, 0.3) is 5.91 Å². The van der Waals surface area contributed by atoms with Crippen LogP contribution in [-0.4, -0.2) is 26.6 Å². The molecule has 0 aromatic heterocycles. The molecule has 0 saturated carbocycles. The maximum Gasteiger partial charge on any atom is 0.251 e. The summed E-state index contributed by atoms with van der Waals surface area (Å²) in [6, 6.07) is 3.54. The third-order valence-electron chi connectivity index (χ3n) is 1.85. The van der Waals surface area contributed by atoms with Gasteiger partial charge in [0.15, 0.2) is 0 Å². The highest BCUT2D eigenvalue weighted by molar-refractivity contribution is 7.89. The minimum absolute atomic E-state index is 0.0568. The largest absolute Gasteiger partial charge is 0.351 e. The van der Waals surface area contributed by atoms with Gasteiger partial charge in [-0.15, -0.1) is 0 Å².